The van der Waals surface area contributed by atoms with Gasteiger partial charge in [-0.3, -0.25) is 9.59 Å². The van der Waals surface area contributed by atoms with Gasteiger partial charge in [0.1, 0.15) is 5.88 Å². The highest BCUT2D eigenvalue weighted by atomic mass is 35.5. The lowest BCUT2D eigenvalue weighted by Gasteiger charge is -2.34. The van der Waals surface area contributed by atoms with Crippen molar-refractivity contribution in [3.05, 3.63) is 35.9 Å². The van der Waals surface area contributed by atoms with Gasteiger partial charge in [-0.05, 0) is 23.8 Å². The van der Waals surface area contributed by atoms with Crippen LogP contribution in [0.5, 0.6) is 0 Å². The van der Waals surface area contributed by atoms with Crippen LogP contribution in [0.25, 0.3) is 0 Å². The third-order valence-electron chi connectivity index (χ3n) is 5.37. The molecule has 0 spiro atoms. The van der Waals surface area contributed by atoms with Gasteiger partial charge in [0.15, 0.2) is 0 Å². The molecule has 2 amide bonds. The summed E-state index contributed by atoms with van der Waals surface area (Å²) in [4.78, 5) is 24.5. The van der Waals surface area contributed by atoms with Crippen LogP contribution in [0.4, 0.5) is 0 Å². The number of rotatable bonds is 7. The lowest BCUT2D eigenvalue weighted by atomic mass is 9.81. The normalized spacial score (nSPS) is 17.2. The van der Waals surface area contributed by atoms with Crippen molar-refractivity contribution in [1.29, 1.82) is 0 Å². The Morgan fingerprint density at radius 1 is 1.04 bits per heavy atom. The molecule has 26 heavy (non-hydrogen) atoms. The topological polar surface area (TPSA) is 58.2 Å². The highest BCUT2D eigenvalue weighted by Gasteiger charge is 2.33. The number of carbonyl (C=O) groups excluding carboxylic acids is 2. The minimum Gasteiger partial charge on any atom is -0.354 e. The summed E-state index contributed by atoms with van der Waals surface area (Å²) < 4.78 is 0. The fraction of sp³-hybridized carbons (Fsp3) is 0.619. The molecule has 0 unspecified atom stereocenters. The van der Waals surface area contributed by atoms with E-state index < -0.39 is 0 Å². The summed E-state index contributed by atoms with van der Waals surface area (Å²) in [5, 5.41) is 6.17. The Bertz CT molecular complexity index is 593. The second-order valence-corrected chi connectivity index (χ2v) is 8.35. The number of alkyl halides is 1. The van der Waals surface area contributed by atoms with Gasteiger partial charge in [-0.15, -0.1) is 11.6 Å². The average molecular weight is 379 g/mol. The van der Waals surface area contributed by atoms with Gasteiger partial charge in [0, 0.05) is 13.0 Å². The van der Waals surface area contributed by atoms with Crippen LogP contribution in [0.2, 0.25) is 0 Å². The van der Waals surface area contributed by atoms with Crippen LogP contribution in [-0.2, 0) is 15.0 Å². The molecule has 0 radical (unpaired) electrons. The van der Waals surface area contributed by atoms with Gasteiger partial charge >= 0.3 is 0 Å². The van der Waals surface area contributed by atoms with Crippen molar-refractivity contribution in [2.45, 2.75) is 69.7 Å². The minimum atomic E-state index is -0.366. The van der Waals surface area contributed by atoms with E-state index in [1.165, 1.54) is 12.8 Å². The molecule has 1 aliphatic carbocycles. The van der Waals surface area contributed by atoms with Crippen LogP contribution in [-0.4, -0.2) is 29.8 Å². The maximum atomic E-state index is 12.6. The first-order valence-corrected chi connectivity index (χ1v) is 10.1. The maximum Gasteiger partial charge on any atom is 0.235 e. The van der Waals surface area contributed by atoms with E-state index in [9.17, 15) is 9.59 Å². The summed E-state index contributed by atoms with van der Waals surface area (Å²) in [5.74, 6) is -0.188. The molecule has 0 aromatic heterocycles. The average Bonchev–Trinajstić information content (AvgIpc) is 2.86. The number of nitrogens with one attached hydrogen (secondary N) is 2. The van der Waals surface area contributed by atoms with Crippen molar-refractivity contribution in [2.24, 2.45) is 0 Å². The number of benzene rings is 1. The van der Waals surface area contributed by atoms with Crippen molar-refractivity contribution in [3.8, 4) is 0 Å². The quantitative estimate of drug-likeness (QED) is 0.558. The number of carbonyl (C=O) groups is 2. The molecule has 1 aromatic carbocycles. The summed E-state index contributed by atoms with van der Waals surface area (Å²) in [5.41, 5.74) is 0.547. The first kappa shape index (κ1) is 20.8. The molecule has 5 heteroatoms. The molecule has 2 rings (SSSR count). The number of hydrogen-bond acceptors (Lipinski definition) is 2. The van der Waals surface area contributed by atoms with Crippen LogP contribution < -0.4 is 10.6 Å². The minimum absolute atomic E-state index is 0.0163. The molecule has 144 valence electrons. The smallest absolute Gasteiger partial charge is 0.235 e. The standard InChI is InChI=1S/C21H31ClN2O2/c1-20(2,17-10-6-5-7-11-17)14-18(25)23-16-21(24-19(26)15-22)12-8-3-4-9-13-21/h5-7,10-11H,3-4,8-9,12-16H2,1-2H3,(H,23,25)(H,24,26). The second kappa shape index (κ2) is 9.40. The molecule has 1 aliphatic rings. The third-order valence-corrected chi connectivity index (χ3v) is 5.61. The van der Waals surface area contributed by atoms with Crippen LogP contribution in [0.3, 0.4) is 0 Å². The van der Waals surface area contributed by atoms with E-state index in [0.29, 0.717) is 13.0 Å². The Hall–Kier alpha value is -1.55. The summed E-state index contributed by atoms with van der Waals surface area (Å²) in [6.45, 7) is 4.64. The SMILES string of the molecule is CC(C)(CC(=O)NCC1(NC(=O)CCl)CCCCCC1)c1ccccc1. The fourth-order valence-corrected chi connectivity index (χ4v) is 3.87. The first-order valence-electron chi connectivity index (χ1n) is 9.56. The highest BCUT2D eigenvalue weighted by molar-refractivity contribution is 6.27. The van der Waals surface area contributed by atoms with Crippen molar-refractivity contribution in [3.63, 3.8) is 0 Å². The zero-order chi connectivity index (χ0) is 19.0. The van der Waals surface area contributed by atoms with E-state index >= 15 is 0 Å². The van der Waals surface area contributed by atoms with Gasteiger partial charge in [-0.25, -0.2) is 0 Å². The molecule has 1 saturated carbocycles. The van der Waals surface area contributed by atoms with Gasteiger partial charge in [0.2, 0.25) is 11.8 Å². The van der Waals surface area contributed by atoms with Gasteiger partial charge < -0.3 is 10.6 Å². The Labute approximate surface area is 162 Å². The number of hydrogen-bond donors (Lipinski definition) is 2. The Morgan fingerprint density at radius 2 is 1.65 bits per heavy atom. The van der Waals surface area contributed by atoms with Crippen molar-refractivity contribution >= 4 is 23.4 Å². The molecular weight excluding hydrogens is 348 g/mol. The first-order chi connectivity index (χ1) is 12.4. The molecule has 0 atom stereocenters. The zero-order valence-electron chi connectivity index (χ0n) is 15.9. The van der Waals surface area contributed by atoms with Crippen LogP contribution in [0, 0.1) is 0 Å². The number of halogens is 1. The molecule has 4 nitrogen and oxygen atoms in total. The predicted octanol–water partition coefficient (Wildman–Crippen LogP) is 3.92. The molecule has 1 aromatic rings. The van der Waals surface area contributed by atoms with E-state index in [0.717, 1.165) is 31.2 Å². The molecule has 1 fully saturated rings. The van der Waals surface area contributed by atoms with E-state index in [2.05, 4.69) is 36.6 Å². The van der Waals surface area contributed by atoms with Gasteiger partial charge in [0.25, 0.3) is 0 Å². The molecule has 0 heterocycles. The molecule has 0 bridgehead atoms. The van der Waals surface area contributed by atoms with Gasteiger partial charge in [-0.2, -0.15) is 0 Å². The van der Waals surface area contributed by atoms with E-state index in [4.69, 9.17) is 11.6 Å². The van der Waals surface area contributed by atoms with Crippen LogP contribution in [0.15, 0.2) is 30.3 Å². The Morgan fingerprint density at radius 3 is 2.23 bits per heavy atom. The van der Waals surface area contributed by atoms with E-state index in [1.807, 2.05) is 18.2 Å². The van der Waals surface area contributed by atoms with Crippen molar-refractivity contribution in [1.82, 2.24) is 10.6 Å². The monoisotopic (exact) mass is 378 g/mol. The van der Waals surface area contributed by atoms with E-state index in [-0.39, 0.29) is 28.6 Å². The Balaban J connectivity index is 1.98. The predicted molar refractivity (Wildman–Crippen MR) is 106 cm³/mol. The summed E-state index contributed by atoms with van der Waals surface area (Å²) in [6.07, 6.45) is 6.66. The third kappa shape index (κ3) is 6.01. The zero-order valence-corrected chi connectivity index (χ0v) is 16.7. The second-order valence-electron chi connectivity index (χ2n) is 8.08. The molecule has 0 aliphatic heterocycles. The molecule has 0 saturated heterocycles. The van der Waals surface area contributed by atoms with Gasteiger partial charge in [0.05, 0.1) is 5.54 Å². The maximum absolute atomic E-state index is 12.6. The highest BCUT2D eigenvalue weighted by Crippen LogP contribution is 2.28. The molecule has 2 N–H and O–H groups in total. The lowest BCUT2D eigenvalue weighted by molar-refractivity contribution is -0.124. The van der Waals surface area contributed by atoms with Gasteiger partial charge in [-0.1, -0.05) is 69.9 Å². The van der Waals surface area contributed by atoms with E-state index in [1.54, 1.807) is 0 Å². The Kier molecular flexibility index (Phi) is 7.51. The molecular formula is C21H31ClN2O2. The van der Waals surface area contributed by atoms with Crippen LogP contribution >= 0.6 is 11.6 Å². The lowest BCUT2D eigenvalue weighted by Crippen LogP contribution is -2.56. The summed E-state index contributed by atoms with van der Waals surface area (Å²) in [6, 6.07) is 10.1. The summed E-state index contributed by atoms with van der Waals surface area (Å²) >= 11 is 5.69. The van der Waals surface area contributed by atoms with Crippen LogP contribution in [0.1, 0.15) is 64.4 Å². The fourth-order valence-electron chi connectivity index (χ4n) is 3.80. The number of amides is 2. The summed E-state index contributed by atoms with van der Waals surface area (Å²) in [7, 11) is 0. The largest absolute Gasteiger partial charge is 0.354 e. The van der Waals surface area contributed by atoms with Crippen molar-refractivity contribution in [2.75, 3.05) is 12.4 Å². The van der Waals surface area contributed by atoms with Crippen molar-refractivity contribution < 1.29 is 9.59 Å².